The number of H-pyrrole nitrogens is 1. The average molecular weight is 270 g/mol. The van der Waals surface area contributed by atoms with E-state index in [1.807, 2.05) is 0 Å². The van der Waals surface area contributed by atoms with Crippen molar-refractivity contribution >= 4 is 29.0 Å². The molecule has 2 aromatic heterocycles. The zero-order valence-corrected chi connectivity index (χ0v) is 11.0. The maximum atomic E-state index is 6.03. The number of aromatic nitrogens is 4. The Bertz CT molecular complexity index is 535. The maximum absolute atomic E-state index is 6.03. The van der Waals surface area contributed by atoms with Crippen molar-refractivity contribution in [2.24, 2.45) is 0 Å². The van der Waals surface area contributed by atoms with E-state index in [-0.39, 0.29) is 0 Å². The van der Waals surface area contributed by atoms with Crippen LogP contribution in [0.1, 0.15) is 23.4 Å². The van der Waals surface area contributed by atoms with Gasteiger partial charge in [0.2, 0.25) is 0 Å². The molecule has 3 heterocycles. The molecule has 90 valence electrons. The maximum Gasteiger partial charge on any atom is 0.154 e. The highest BCUT2D eigenvalue weighted by Gasteiger charge is 2.23. The van der Waals surface area contributed by atoms with Gasteiger partial charge in [0.15, 0.2) is 5.82 Å². The molecule has 1 N–H and O–H groups in total. The molecule has 2 aromatic rings. The molecule has 0 saturated carbocycles. The fourth-order valence-corrected chi connectivity index (χ4v) is 2.79. The number of hydrogen-bond donors (Lipinski definition) is 1. The quantitative estimate of drug-likeness (QED) is 0.908. The van der Waals surface area contributed by atoms with Gasteiger partial charge in [0.1, 0.15) is 10.0 Å². The molecule has 1 aliphatic heterocycles. The van der Waals surface area contributed by atoms with Crippen LogP contribution in [0.3, 0.4) is 0 Å². The Kier molecular flexibility index (Phi) is 2.76. The number of aromatic amines is 1. The van der Waals surface area contributed by atoms with Gasteiger partial charge in [0.05, 0.1) is 6.54 Å². The van der Waals surface area contributed by atoms with Gasteiger partial charge in [-0.15, -0.1) is 5.10 Å². The lowest BCUT2D eigenvalue weighted by Crippen LogP contribution is -2.29. The first-order chi connectivity index (χ1) is 8.25. The normalized spacial score (nSPS) is 15.1. The molecule has 0 spiro atoms. The molecule has 0 fully saturated rings. The van der Waals surface area contributed by atoms with Crippen LogP contribution in [-0.4, -0.2) is 26.3 Å². The van der Waals surface area contributed by atoms with E-state index in [2.05, 4.69) is 31.6 Å². The third kappa shape index (κ3) is 1.91. The van der Waals surface area contributed by atoms with Crippen molar-refractivity contribution in [1.82, 2.24) is 19.8 Å². The number of rotatable bonds is 2. The molecular formula is C10H12ClN5S. The molecule has 5 nitrogen and oxygen atoms in total. The van der Waals surface area contributed by atoms with Gasteiger partial charge in [-0.3, -0.25) is 5.10 Å². The van der Waals surface area contributed by atoms with Crippen molar-refractivity contribution in [3.8, 4) is 0 Å². The summed E-state index contributed by atoms with van der Waals surface area (Å²) < 4.78 is 4.52. The van der Waals surface area contributed by atoms with Crippen molar-refractivity contribution in [2.75, 3.05) is 11.4 Å². The Morgan fingerprint density at radius 3 is 3.18 bits per heavy atom. The minimum atomic E-state index is 0.671. The molecule has 1 aliphatic rings. The molecule has 0 radical (unpaired) electrons. The number of nitrogens with one attached hydrogen (secondary N) is 1. The minimum Gasteiger partial charge on any atom is -0.349 e. The molecule has 0 unspecified atom stereocenters. The fraction of sp³-hybridized carbons (Fsp3) is 0.500. The third-order valence-electron chi connectivity index (χ3n) is 3.06. The van der Waals surface area contributed by atoms with Crippen LogP contribution in [0, 0.1) is 6.92 Å². The molecule has 0 saturated heterocycles. The minimum absolute atomic E-state index is 0.671. The van der Waals surface area contributed by atoms with E-state index in [0.717, 1.165) is 36.6 Å². The molecule has 0 amide bonds. The van der Waals surface area contributed by atoms with E-state index in [1.165, 1.54) is 17.1 Å². The second-order valence-electron chi connectivity index (χ2n) is 4.17. The van der Waals surface area contributed by atoms with Crippen molar-refractivity contribution in [1.29, 1.82) is 0 Å². The Labute approximate surface area is 108 Å². The van der Waals surface area contributed by atoms with E-state index in [9.17, 15) is 0 Å². The Morgan fingerprint density at radius 2 is 2.41 bits per heavy atom. The Hall–Kier alpha value is -1.14. The van der Waals surface area contributed by atoms with Crippen LogP contribution >= 0.6 is 23.1 Å². The predicted molar refractivity (Wildman–Crippen MR) is 67.6 cm³/mol. The van der Waals surface area contributed by atoms with Crippen molar-refractivity contribution in [3.05, 3.63) is 21.3 Å². The number of hydrogen-bond acceptors (Lipinski definition) is 5. The van der Waals surface area contributed by atoms with E-state index in [4.69, 9.17) is 11.6 Å². The zero-order valence-electron chi connectivity index (χ0n) is 9.40. The van der Waals surface area contributed by atoms with Crippen LogP contribution in [-0.2, 0) is 13.0 Å². The highest BCUT2D eigenvalue weighted by molar-refractivity contribution is 7.10. The topological polar surface area (TPSA) is 57.7 Å². The van der Waals surface area contributed by atoms with Crippen LogP contribution in [0.25, 0.3) is 0 Å². The van der Waals surface area contributed by atoms with Crippen LogP contribution in [0.15, 0.2) is 0 Å². The highest BCUT2D eigenvalue weighted by atomic mass is 35.5. The van der Waals surface area contributed by atoms with Crippen LogP contribution < -0.4 is 4.90 Å². The summed E-state index contributed by atoms with van der Waals surface area (Å²) in [5.74, 6) is 1.04. The summed E-state index contributed by atoms with van der Waals surface area (Å²) in [4.78, 5) is 2.21. The largest absolute Gasteiger partial charge is 0.349 e. The summed E-state index contributed by atoms with van der Waals surface area (Å²) >= 11 is 7.26. The first-order valence-electron chi connectivity index (χ1n) is 5.51. The summed E-state index contributed by atoms with van der Waals surface area (Å²) in [5.41, 5.74) is 3.31. The monoisotopic (exact) mass is 269 g/mol. The molecule has 17 heavy (non-hydrogen) atoms. The SMILES string of the molecule is Cc1[nH]nc2c1CCCN2Cc1nnsc1Cl. The lowest BCUT2D eigenvalue weighted by atomic mass is 10.1. The summed E-state index contributed by atoms with van der Waals surface area (Å²) in [6.07, 6.45) is 2.24. The van der Waals surface area contributed by atoms with Crippen LogP contribution in [0.5, 0.6) is 0 Å². The van der Waals surface area contributed by atoms with Gasteiger partial charge in [-0.1, -0.05) is 16.1 Å². The molecule has 0 aromatic carbocycles. The molecule has 7 heteroatoms. The van der Waals surface area contributed by atoms with Crippen LogP contribution in [0.4, 0.5) is 5.82 Å². The zero-order chi connectivity index (χ0) is 11.8. The number of fused-ring (bicyclic) bond motifs is 1. The van der Waals surface area contributed by atoms with Gasteiger partial charge in [0.25, 0.3) is 0 Å². The number of aryl methyl sites for hydroxylation is 1. The summed E-state index contributed by atoms with van der Waals surface area (Å²) in [5, 5.41) is 11.5. The third-order valence-corrected chi connectivity index (χ3v) is 4.04. The van der Waals surface area contributed by atoms with E-state index in [1.54, 1.807) is 0 Å². The van der Waals surface area contributed by atoms with Gasteiger partial charge in [-0.05, 0) is 19.8 Å². The van der Waals surface area contributed by atoms with Crippen molar-refractivity contribution in [2.45, 2.75) is 26.3 Å². The standard InChI is InChI=1S/C10H12ClN5S/c1-6-7-3-2-4-16(10(7)14-12-6)5-8-9(11)17-15-13-8/h2-5H2,1H3,(H,12,14). The Morgan fingerprint density at radius 1 is 1.53 bits per heavy atom. The van der Waals surface area contributed by atoms with E-state index < -0.39 is 0 Å². The molecular weight excluding hydrogens is 258 g/mol. The number of anilines is 1. The molecule has 0 aliphatic carbocycles. The average Bonchev–Trinajstić information content (AvgIpc) is 2.89. The van der Waals surface area contributed by atoms with Crippen LogP contribution in [0.2, 0.25) is 4.34 Å². The van der Waals surface area contributed by atoms with E-state index >= 15 is 0 Å². The van der Waals surface area contributed by atoms with Crippen molar-refractivity contribution in [3.63, 3.8) is 0 Å². The summed E-state index contributed by atoms with van der Waals surface area (Å²) in [6.45, 7) is 3.74. The smallest absolute Gasteiger partial charge is 0.154 e. The first-order valence-corrected chi connectivity index (χ1v) is 6.66. The lowest BCUT2D eigenvalue weighted by molar-refractivity contribution is 0.674. The summed E-state index contributed by atoms with van der Waals surface area (Å²) in [7, 11) is 0. The summed E-state index contributed by atoms with van der Waals surface area (Å²) in [6, 6.07) is 0. The fourth-order valence-electron chi connectivity index (χ4n) is 2.18. The van der Waals surface area contributed by atoms with Crippen molar-refractivity contribution < 1.29 is 0 Å². The molecule has 0 bridgehead atoms. The molecule has 3 rings (SSSR count). The lowest BCUT2D eigenvalue weighted by Gasteiger charge is -2.26. The Balaban J connectivity index is 1.88. The van der Waals surface area contributed by atoms with Gasteiger partial charge in [-0.25, -0.2) is 0 Å². The first kappa shape index (κ1) is 11.0. The number of nitrogens with zero attached hydrogens (tertiary/aromatic N) is 4. The van der Waals surface area contributed by atoms with Gasteiger partial charge >= 0.3 is 0 Å². The van der Waals surface area contributed by atoms with Gasteiger partial charge < -0.3 is 4.90 Å². The second kappa shape index (κ2) is 4.27. The van der Waals surface area contributed by atoms with E-state index in [0.29, 0.717) is 10.9 Å². The second-order valence-corrected chi connectivity index (χ2v) is 5.53. The van der Waals surface area contributed by atoms with Gasteiger partial charge in [-0.2, -0.15) is 5.10 Å². The van der Waals surface area contributed by atoms with Gasteiger partial charge in [0, 0.05) is 29.3 Å². The predicted octanol–water partition coefficient (Wildman–Crippen LogP) is 2.18. The highest BCUT2D eigenvalue weighted by Crippen LogP contribution is 2.29. The molecule has 0 atom stereocenters. The number of halogens is 1.